The maximum atomic E-state index is 12.3. The van der Waals surface area contributed by atoms with Crippen LogP contribution in [0.2, 0.25) is 0 Å². The number of hydrogen-bond donors (Lipinski definition) is 2. The van der Waals surface area contributed by atoms with Crippen LogP contribution in [0, 0.1) is 0 Å². The van der Waals surface area contributed by atoms with Crippen LogP contribution < -0.4 is 14.8 Å². The van der Waals surface area contributed by atoms with Gasteiger partial charge in [0.2, 0.25) is 17.9 Å². The molecule has 0 radical (unpaired) electrons. The van der Waals surface area contributed by atoms with E-state index < -0.39 is 0 Å². The number of amides is 1. The predicted molar refractivity (Wildman–Crippen MR) is 101 cm³/mol. The van der Waals surface area contributed by atoms with Crippen molar-refractivity contribution < 1.29 is 19.4 Å². The zero-order valence-corrected chi connectivity index (χ0v) is 15.7. The Morgan fingerprint density at radius 3 is 2.86 bits per heavy atom. The number of ether oxygens (including phenoxy) is 2. The molecule has 1 amide bonds. The van der Waals surface area contributed by atoms with Gasteiger partial charge in [-0.2, -0.15) is 4.68 Å². The maximum Gasteiger partial charge on any atom is 0.231 e. The third-order valence-corrected chi connectivity index (χ3v) is 5.06. The number of rotatable bonds is 6. The van der Waals surface area contributed by atoms with Gasteiger partial charge < -0.3 is 19.9 Å². The number of tetrazole rings is 1. The zero-order chi connectivity index (χ0) is 19.5. The van der Waals surface area contributed by atoms with Crippen molar-refractivity contribution in [3.63, 3.8) is 0 Å². The van der Waals surface area contributed by atoms with Crippen LogP contribution in [0.25, 0.3) is 5.69 Å². The molecule has 0 spiro atoms. The summed E-state index contributed by atoms with van der Waals surface area (Å²) in [5, 5.41) is 24.4. The molecule has 0 bridgehead atoms. The van der Waals surface area contributed by atoms with Crippen LogP contribution >= 0.6 is 11.8 Å². The van der Waals surface area contributed by atoms with Crippen LogP contribution in [0.1, 0.15) is 18.5 Å². The summed E-state index contributed by atoms with van der Waals surface area (Å²) in [6, 6.07) is 11.9. The summed E-state index contributed by atoms with van der Waals surface area (Å²) >= 11 is 1.23. The number of nitrogens with zero attached hydrogens (tertiary/aromatic N) is 4. The first kappa shape index (κ1) is 18.1. The smallest absolute Gasteiger partial charge is 0.231 e. The van der Waals surface area contributed by atoms with E-state index in [2.05, 4.69) is 20.8 Å². The maximum absolute atomic E-state index is 12.3. The lowest BCUT2D eigenvalue weighted by molar-refractivity contribution is -0.119. The standard InChI is InChI=1S/C18H17N5O4S/c1-11(12-2-7-15-16(8-12)27-10-26-15)19-17(25)9-28-18-20-21-22-23(18)13-3-5-14(24)6-4-13/h2-8,11,24H,9-10H2,1H3,(H,19,25)/t11-/m1/s1. The Morgan fingerprint density at radius 1 is 1.25 bits per heavy atom. The second kappa shape index (κ2) is 7.77. The van der Waals surface area contributed by atoms with Crippen LogP contribution in [0.5, 0.6) is 17.2 Å². The average Bonchev–Trinajstić information content (AvgIpc) is 3.35. The van der Waals surface area contributed by atoms with E-state index >= 15 is 0 Å². The Kier molecular flexibility index (Phi) is 5.02. The van der Waals surface area contributed by atoms with Crippen LogP contribution in [0.15, 0.2) is 47.6 Å². The molecule has 1 aromatic heterocycles. The third-order valence-electron chi connectivity index (χ3n) is 4.14. The lowest BCUT2D eigenvalue weighted by Gasteiger charge is -2.14. The summed E-state index contributed by atoms with van der Waals surface area (Å²) in [6.07, 6.45) is 0. The third kappa shape index (κ3) is 3.86. The molecule has 10 heteroatoms. The summed E-state index contributed by atoms with van der Waals surface area (Å²) in [4.78, 5) is 12.3. The Balaban J connectivity index is 1.36. The van der Waals surface area contributed by atoms with Gasteiger partial charge in [-0.05, 0) is 59.3 Å². The van der Waals surface area contributed by atoms with Crippen LogP contribution in [-0.4, -0.2) is 43.8 Å². The van der Waals surface area contributed by atoms with E-state index in [0.717, 1.165) is 5.56 Å². The first-order chi connectivity index (χ1) is 13.6. The van der Waals surface area contributed by atoms with Gasteiger partial charge in [0.1, 0.15) is 5.75 Å². The van der Waals surface area contributed by atoms with Crippen LogP contribution in [0.3, 0.4) is 0 Å². The number of aromatic nitrogens is 4. The highest BCUT2D eigenvalue weighted by Crippen LogP contribution is 2.34. The molecule has 2 heterocycles. The van der Waals surface area contributed by atoms with Gasteiger partial charge in [-0.1, -0.05) is 17.8 Å². The topological polar surface area (TPSA) is 111 Å². The summed E-state index contributed by atoms with van der Waals surface area (Å²) in [5.41, 5.74) is 1.62. The molecule has 28 heavy (non-hydrogen) atoms. The summed E-state index contributed by atoms with van der Waals surface area (Å²) < 4.78 is 12.2. The largest absolute Gasteiger partial charge is 0.508 e. The van der Waals surface area contributed by atoms with E-state index in [9.17, 15) is 9.90 Å². The number of nitrogens with one attached hydrogen (secondary N) is 1. The minimum Gasteiger partial charge on any atom is -0.508 e. The van der Waals surface area contributed by atoms with Crippen molar-refractivity contribution in [2.45, 2.75) is 18.1 Å². The molecule has 3 aromatic rings. The highest BCUT2D eigenvalue weighted by molar-refractivity contribution is 7.99. The number of hydrogen-bond acceptors (Lipinski definition) is 8. The number of thioether (sulfide) groups is 1. The monoisotopic (exact) mass is 399 g/mol. The van der Waals surface area contributed by atoms with E-state index in [0.29, 0.717) is 22.3 Å². The van der Waals surface area contributed by atoms with Gasteiger partial charge in [0.25, 0.3) is 0 Å². The summed E-state index contributed by atoms with van der Waals surface area (Å²) in [7, 11) is 0. The Morgan fingerprint density at radius 2 is 2.04 bits per heavy atom. The minimum absolute atomic E-state index is 0.143. The number of carbonyl (C=O) groups is 1. The molecule has 4 rings (SSSR count). The molecule has 0 unspecified atom stereocenters. The highest BCUT2D eigenvalue weighted by Gasteiger charge is 2.18. The fourth-order valence-corrected chi connectivity index (χ4v) is 3.41. The second-order valence-electron chi connectivity index (χ2n) is 6.08. The lowest BCUT2D eigenvalue weighted by Crippen LogP contribution is -2.28. The fraction of sp³-hybridized carbons (Fsp3) is 0.222. The average molecular weight is 399 g/mol. The number of phenols is 1. The Hall–Kier alpha value is -3.27. The van der Waals surface area contributed by atoms with Gasteiger partial charge in [0.05, 0.1) is 17.5 Å². The molecule has 1 aliphatic rings. The quantitative estimate of drug-likeness (QED) is 0.606. The molecular formula is C18H17N5O4S. The van der Waals surface area contributed by atoms with E-state index in [-0.39, 0.29) is 30.2 Å². The van der Waals surface area contributed by atoms with Crippen molar-refractivity contribution in [1.82, 2.24) is 25.5 Å². The normalized spacial score (nSPS) is 13.3. The molecule has 2 N–H and O–H groups in total. The molecule has 9 nitrogen and oxygen atoms in total. The number of aromatic hydroxyl groups is 1. The molecule has 1 aliphatic heterocycles. The SMILES string of the molecule is C[C@@H](NC(=O)CSc1nnnn1-c1ccc(O)cc1)c1ccc2c(c1)OCO2. The second-order valence-corrected chi connectivity index (χ2v) is 7.02. The predicted octanol–water partition coefficient (Wildman–Crippen LogP) is 2.07. The van der Waals surface area contributed by atoms with Gasteiger partial charge in [0, 0.05) is 0 Å². The van der Waals surface area contributed by atoms with E-state index in [1.54, 1.807) is 24.3 Å². The Labute approximate surface area is 164 Å². The van der Waals surface area contributed by atoms with Crippen molar-refractivity contribution in [3.8, 4) is 22.9 Å². The molecular weight excluding hydrogens is 382 g/mol. The molecule has 0 saturated heterocycles. The van der Waals surface area contributed by atoms with E-state index in [1.807, 2.05) is 25.1 Å². The number of benzene rings is 2. The fourth-order valence-electron chi connectivity index (χ4n) is 2.70. The highest BCUT2D eigenvalue weighted by atomic mass is 32.2. The molecule has 2 aromatic carbocycles. The van der Waals surface area contributed by atoms with Crippen LogP contribution in [0.4, 0.5) is 0 Å². The van der Waals surface area contributed by atoms with Crippen molar-refractivity contribution >= 4 is 17.7 Å². The van der Waals surface area contributed by atoms with Gasteiger partial charge in [-0.15, -0.1) is 5.10 Å². The van der Waals surface area contributed by atoms with E-state index in [4.69, 9.17) is 9.47 Å². The van der Waals surface area contributed by atoms with Crippen molar-refractivity contribution in [2.24, 2.45) is 0 Å². The number of fused-ring (bicyclic) bond motifs is 1. The Bertz CT molecular complexity index is 992. The van der Waals surface area contributed by atoms with Crippen molar-refractivity contribution in [3.05, 3.63) is 48.0 Å². The first-order valence-electron chi connectivity index (χ1n) is 8.49. The molecule has 0 aliphatic carbocycles. The molecule has 1 atom stereocenters. The zero-order valence-electron chi connectivity index (χ0n) is 14.9. The van der Waals surface area contributed by atoms with Crippen LogP contribution in [-0.2, 0) is 4.79 Å². The molecule has 0 fully saturated rings. The molecule has 0 saturated carbocycles. The minimum atomic E-state index is -0.185. The number of phenolic OH excluding ortho intramolecular Hbond substituents is 1. The van der Waals surface area contributed by atoms with Gasteiger partial charge in [0.15, 0.2) is 11.5 Å². The van der Waals surface area contributed by atoms with Gasteiger partial charge in [-0.25, -0.2) is 0 Å². The summed E-state index contributed by atoms with van der Waals surface area (Å²) in [6.45, 7) is 2.12. The first-order valence-corrected chi connectivity index (χ1v) is 9.48. The number of carbonyl (C=O) groups excluding carboxylic acids is 1. The molecule has 144 valence electrons. The van der Waals surface area contributed by atoms with Gasteiger partial charge in [-0.3, -0.25) is 4.79 Å². The van der Waals surface area contributed by atoms with E-state index in [1.165, 1.54) is 16.4 Å². The summed E-state index contributed by atoms with van der Waals surface area (Å²) in [5.74, 6) is 1.56. The van der Waals surface area contributed by atoms with Crippen molar-refractivity contribution in [2.75, 3.05) is 12.5 Å². The van der Waals surface area contributed by atoms with Crippen molar-refractivity contribution in [1.29, 1.82) is 0 Å². The van der Waals surface area contributed by atoms with Gasteiger partial charge >= 0.3 is 0 Å². The lowest BCUT2D eigenvalue weighted by atomic mass is 10.1.